The second kappa shape index (κ2) is 40.9. The number of ether oxygens (including phenoxy) is 3. The van der Waals surface area contributed by atoms with Crippen LogP contribution in [0.5, 0.6) is 0 Å². The summed E-state index contributed by atoms with van der Waals surface area (Å²) in [5, 5.41) is 54.1. The third-order valence-corrected chi connectivity index (χ3v) is 11.8. The Bertz CT molecular complexity index is 1070. The van der Waals surface area contributed by atoms with E-state index in [4.69, 9.17) is 14.2 Å². The maximum atomic E-state index is 13.0. The number of carbonyl (C=O) groups is 2. The van der Waals surface area contributed by atoms with Crippen LogP contribution in [-0.2, 0) is 23.8 Å². The van der Waals surface area contributed by atoms with Crippen molar-refractivity contribution in [1.82, 2.24) is 5.32 Å². The number of amides is 1. The molecule has 7 unspecified atom stereocenters. The van der Waals surface area contributed by atoms with Crippen molar-refractivity contribution in [3.63, 3.8) is 0 Å². The molecule has 6 N–H and O–H groups in total. The lowest BCUT2D eigenvalue weighted by Gasteiger charge is -2.40. The highest BCUT2D eigenvalue weighted by atomic mass is 16.7. The van der Waals surface area contributed by atoms with E-state index in [-0.39, 0.29) is 18.5 Å². The van der Waals surface area contributed by atoms with Gasteiger partial charge in [0.2, 0.25) is 5.91 Å². The van der Waals surface area contributed by atoms with Gasteiger partial charge >= 0.3 is 5.97 Å². The first kappa shape index (κ1) is 57.2. The summed E-state index contributed by atoms with van der Waals surface area (Å²) < 4.78 is 16.6. The zero-order valence-electron chi connectivity index (χ0n) is 38.9. The van der Waals surface area contributed by atoms with E-state index in [2.05, 4.69) is 31.3 Å². The van der Waals surface area contributed by atoms with Crippen LogP contribution in [0.4, 0.5) is 0 Å². The quantitative estimate of drug-likeness (QED) is 0.0197. The van der Waals surface area contributed by atoms with Crippen LogP contribution in [0.15, 0.2) is 24.3 Å². The molecule has 11 nitrogen and oxygen atoms in total. The number of esters is 1. The summed E-state index contributed by atoms with van der Waals surface area (Å²) >= 11 is 0. The number of aliphatic hydroxyl groups excluding tert-OH is 5. The van der Waals surface area contributed by atoms with Gasteiger partial charge in [-0.25, -0.2) is 0 Å². The Labute approximate surface area is 371 Å². The number of carbonyl (C=O) groups excluding carboxylic acids is 2. The minimum atomic E-state index is -1.58. The van der Waals surface area contributed by atoms with Crippen molar-refractivity contribution in [3.8, 4) is 0 Å². The van der Waals surface area contributed by atoms with Crippen LogP contribution in [-0.4, -0.2) is 100 Å². The van der Waals surface area contributed by atoms with E-state index in [0.717, 1.165) is 89.9 Å². The van der Waals surface area contributed by atoms with E-state index < -0.39 is 49.5 Å². The van der Waals surface area contributed by atoms with Crippen LogP contribution in [0.2, 0.25) is 0 Å². The van der Waals surface area contributed by atoms with Crippen LogP contribution in [0.1, 0.15) is 219 Å². The van der Waals surface area contributed by atoms with Gasteiger partial charge in [0.1, 0.15) is 24.4 Å². The molecule has 0 saturated carbocycles. The maximum Gasteiger partial charge on any atom is 0.305 e. The molecule has 7 atom stereocenters. The molecular formula is C50H93NO10. The van der Waals surface area contributed by atoms with Gasteiger partial charge in [0.15, 0.2) is 6.29 Å². The van der Waals surface area contributed by atoms with Gasteiger partial charge in [0.25, 0.3) is 0 Å². The van der Waals surface area contributed by atoms with E-state index >= 15 is 0 Å². The molecule has 0 bridgehead atoms. The monoisotopic (exact) mass is 868 g/mol. The Balaban J connectivity index is 2.23. The van der Waals surface area contributed by atoms with Crippen LogP contribution in [0.3, 0.4) is 0 Å². The van der Waals surface area contributed by atoms with E-state index in [9.17, 15) is 35.1 Å². The van der Waals surface area contributed by atoms with Gasteiger partial charge in [-0.15, -0.1) is 0 Å². The van der Waals surface area contributed by atoms with Crippen molar-refractivity contribution >= 4 is 11.9 Å². The number of unbranched alkanes of at least 4 members (excludes halogenated alkanes) is 26. The third-order valence-electron chi connectivity index (χ3n) is 11.8. The molecule has 0 aromatic rings. The summed E-state index contributed by atoms with van der Waals surface area (Å²) in [6.07, 6.45) is 35.4. The van der Waals surface area contributed by atoms with Crippen molar-refractivity contribution in [3.05, 3.63) is 24.3 Å². The fourth-order valence-corrected chi connectivity index (χ4v) is 7.72. The van der Waals surface area contributed by atoms with Crippen LogP contribution < -0.4 is 5.32 Å². The molecule has 61 heavy (non-hydrogen) atoms. The predicted molar refractivity (Wildman–Crippen MR) is 246 cm³/mol. The number of rotatable bonds is 42. The standard InChI is InChI=1S/C50H93NO10/c1-3-5-7-9-11-13-16-20-24-28-32-36-43(53)42(41-60-50-49(58)48(57)47(56)44(40-52)61-50)51-45(54)37-33-29-25-21-18-15-19-23-27-31-35-39-59-46(55)38-34-30-26-22-17-14-12-10-8-6-4-2/h19,23,32,36,42-44,47-50,52-53,56-58H,3-18,20-22,24-31,33-35,37-41H2,1-2H3,(H,51,54)/b23-19-,36-32+. The lowest BCUT2D eigenvalue weighted by molar-refractivity contribution is -0.302. The summed E-state index contributed by atoms with van der Waals surface area (Å²) in [4.78, 5) is 25.0. The number of hydrogen-bond acceptors (Lipinski definition) is 10. The summed E-state index contributed by atoms with van der Waals surface area (Å²) in [7, 11) is 0. The normalized spacial score (nSPS) is 20.4. The average Bonchev–Trinajstić information content (AvgIpc) is 3.25. The lowest BCUT2D eigenvalue weighted by atomic mass is 9.99. The maximum absolute atomic E-state index is 13.0. The Morgan fingerprint density at radius 3 is 1.57 bits per heavy atom. The van der Waals surface area contributed by atoms with Crippen molar-refractivity contribution in [2.45, 2.75) is 262 Å². The zero-order valence-corrected chi connectivity index (χ0v) is 38.9. The molecule has 0 aliphatic carbocycles. The van der Waals surface area contributed by atoms with E-state index in [0.29, 0.717) is 19.4 Å². The Hall–Kier alpha value is -1.86. The molecule has 1 aliphatic rings. The topological polar surface area (TPSA) is 175 Å². The average molecular weight is 868 g/mol. The largest absolute Gasteiger partial charge is 0.466 e. The fraction of sp³-hybridized carbons (Fsp3) is 0.880. The molecule has 0 aromatic carbocycles. The molecule has 0 aromatic heterocycles. The molecule has 0 spiro atoms. The molecule has 0 radical (unpaired) electrons. The Kier molecular flexibility index (Phi) is 38.3. The highest BCUT2D eigenvalue weighted by Gasteiger charge is 2.44. The molecule has 1 rings (SSSR count). The first-order chi connectivity index (χ1) is 29.7. The predicted octanol–water partition coefficient (Wildman–Crippen LogP) is 9.83. The molecule has 1 saturated heterocycles. The number of nitrogens with one attached hydrogen (secondary N) is 1. The Morgan fingerprint density at radius 2 is 1.05 bits per heavy atom. The minimum Gasteiger partial charge on any atom is -0.466 e. The van der Waals surface area contributed by atoms with Gasteiger partial charge in [-0.2, -0.15) is 0 Å². The van der Waals surface area contributed by atoms with Gasteiger partial charge in [0.05, 0.1) is 32.0 Å². The van der Waals surface area contributed by atoms with E-state index in [1.54, 1.807) is 6.08 Å². The smallest absolute Gasteiger partial charge is 0.305 e. The second-order valence-electron chi connectivity index (χ2n) is 17.5. The van der Waals surface area contributed by atoms with Crippen molar-refractivity contribution in [2.75, 3.05) is 19.8 Å². The fourth-order valence-electron chi connectivity index (χ4n) is 7.72. The summed E-state index contributed by atoms with van der Waals surface area (Å²) in [5.74, 6) is -0.270. The minimum absolute atomic E-state index is 0.0581. The van der Waals surface area contributed by atoms with Crippen LogP contribution >= 0.6 is 0 Å². The first-order valence-corrected chi connectivity index (χ1v) is 25.1. The van der Waals surface area contributed by atoms with E-state index in [1.165, 1.54) is 103 Å². The third kappa shape index (κ3) is 31.6. The molecule has 11 heteroatoms. The molecule has 1 heterocycles. The number of allylic oxidation sites excluding steroid dienone is 3. The van der Waals surface area contributed by atoms with Gasteiger partial charge in [-0.05, 0) is 57.8 Å². The van der Waals surface area contributed by atoms with E-state index in [1.807, 2.05) is 6.08 Å². The summed E-state index contributed by atoms with van der Waals surface area (Å²) in [5.41, 5.74) is 0. The molecule has 1 amide bonds. The van der Waals surface area contributed by atoms with Crippen molar-refractivity contribution in [1.29, 1.82) is 0 Å². The molecule has 1 aliphatic heterocycles. The molecule has 358 valence electrons. The van der Waals surface area contributed by atoms with Gasteiger partial charge in [-0.1, -0.05) is 173 Å². The van der Waals surface area contributed by atoms with Gasteiger partial charge < -0.3 is 45.1 Å². The summed E-state index contributed by atoms with van der Waals surface area (Å²) in [6, 6.07) is -0.829. The van der Waals surface area contributed by atoms with Gasteiger partial charge in [0, 0.05) is 12.8 Å². The Morgan fingerprint density at radius 1 is 0.590 bits per heavy atom. The number of aliphatic hydroxyl groups is 5. The molecular weight excluding hydrogens is 775 g/mol. The zero-order chi connectivity index (χ0) is 44.6. The molecule has 1 fully saturated rings. The highest BCUT2D eigenvalue weighted by Crippen LogP contribution is 2.23. The summed E-state index contributed by atoms with van der Waals surface area (Å²) in [6.45, 7) is 4.21. The van der Waals surface area contributed by atoms with Crippen molar-refractivity contribution in [2.24, 2.45) is 0 Å². The number of hydrogen-bond donors (Lipinski definition) is 6. The SMILES string of the molecule is CCCCCCCCCCC/C=C/C(O)C(COC1OC(CO)C(O)C(O)C1O)NC(=O)CCCCCCC/C=C\CCCCOC(=O)CCCCCCCCCCCCC. The lowest BCUT2D eigenvalue weighted by Crippen LogP contribution is -2.60. The van der Waals surface area contributed by atoms with Gasteiger partial charge in [-0.3, -0.25) is 9.59 Å². The highest BCUT2D eigenvalue weighted by molar-refractivity contribution is 5.76. The van der Waals surface area contributed by atoms with Crippen molar-refractivity contribution < 1.29 is 49.3 Å². The second-order valence-corrected chi connectivity index (χ2v) is 17.5. The van der Waals surface area contributed by atoms with Crippen LogP contribution in [0.25, 0.3) is 0 Å². The van der Waals surface area contributed by atoms with Crippen LogP contribution in [0, 0.1) is 0 Å². The first-order valence-electron chi connectivity index (χ1n) is 25.1.